The van der Waals surface area contributed by atoms with Crippen LogP contribution in [0.15, 0.2) is 17.3 Å². The van der Waals surface area contributed by atoms with E-state index in [0.29, 0.717) is 12.3 Å². The lowest BCUT2D eigenvalue weighted by Crippen LogP contribution is -2.22. The van der Waals surface area contributed by atoms with Crippen molar-refractivity contribution < 1.29 is 18.7 Å². The molecule has 7 heteroatoms. The molecule has 6 nitrogen and oxygen atoms in total. The fraction of sp³-hybridized carbons (Fsp3) is 0.636. The van der Waals surface area contributed by atoms with E-state index in [1.807, 2.05) is 0 Å². The van der Waals surface area contributed by atoms with Crippen molar-refractivity contribution in [1.29, 1.82) is 0 Å². The van der Waals surface area contributed by atoms with Gasteiger partial charge in [0.1, 0.15) is 6.04 Å². The third-order valence-corrected chi connectivity index (χ3v) is 4.00. The molecule has 1 heterocycles. The quantitative estimate of drug-likeness (QED) is 0.815. The first-order valence-corrected chi connectivity index (χ1v) is 7.01. The second kappa shape index (κ2) is 5.62. The van der Waals surface area contributed by atoms with Gasteiger partial charge in [-0.3, -0.25) is 8.89 Å². The molecule has 2 atom stereocenters. The molecule has 1 aliphatic carbocycles. The van der Waals surface area contributed by atoms with Gasteiger partial charge in [0.15, 0.2) is 0 Å². The standard InChI is InChI=1S/C11H16N2O4S/c14-11(15)10(5-8-3-1-2-4-8)13-7-9(6-12-13)18(16)17/h6-8,10H,1-5H2,(H,14,15)(H,16,17)/p-1. The van der Waals surface area contributed by atoms with Gasteiger partial charge in [-0.2, -0.15) is 5.10 Å². The van der Waals surface area contributed by atoms with Crippen LogP contribution in [0.1, 0.15) is 38.1 Å². The first-order valence-electron chi connectivity index (χ1n) is 5.94. The summed E-state index contributed by atoms with van der Waals surface area (Å²) < 4.78 is 22.7. The van der Waals surface area contributed by atoms with E-state index in [0.717, 1.165) is 25.7 Å². The summed E-state index contributed by atoms with van der Waals surface area (Å²) in [6, 6.07) is -0.773. The highest BCUT2D eigenvalue weighted by atomic mass is 32.2. The summed E-state index contributed by atoms with van der Waals surface area (Å²) in [6.07, 6.45) is 7.35. The SMILES string of the molecule is O=C(O)C(CC1CCCC1)n1cc(S(=O)[O-])cn1. The Bertz CT molecular complexity index is 454. The van der Waals surface area contributed by atoms with Crippen molar-refractivity contribution >= 4 is 17.0 Å². The lowest BCUT2D eigenvalue weighted by atomic mass is 9.98. The number of carbonyl (C=O) groups is 1. The van der Waals surface area contributed by atoms with Gasteiger partial charge in [-0.1, -0.05) is 25.7 Å². The van der Waals surface area contributed by atoms with Crippen molar-refractivity contribution in [2.45, 2.75) is 43.0 Å². The van der Waals surface area contributed by atoms with Crippen molar-refractivity contribution in [2.24, 2.45) is 5.92 Å². The van der Waals surface area contributed by atoms with Gasteiger partial charge < -0.3 is 9.66 Å². The molecule has 0 spiro atoms. The van der Waals surface area contributed by atoms with Crippen LogP contribution in [0.4, 0.5) is 0 Å². The molecule has 18 heavy (non-hydrogen) atoms. The molecule has 100 valence electrons. The number of aliphatic carboxylic acids is 1. The minimum absolute atomic E-state index is 0.0210. The summed E-state index contributed by atoms with van der Waals surface area (Å²) in [5.74, 6) is -0.565. The molecular formula is C11H15N2O4S-. The molecule has 2 unspecified atom stereocenters. The molecule has 1 aromatic rings. The zero-order valence-electron chi connectivity index (χ0n) is 9.82. The van der Waals surface area contributed by atoms with Crippen LogP contribution in [-0.4, -0.2) is 29.6 Å². The topological polar surface area (TPSA) is 95.2 Å². The fourth-order valence-corrected chi connectivity index (χ4v) is 2.79. The van der Waals surface area contributed by atoms with Crippen LogP contribution in [0, 0.1) is 5.92 Å². The van der Waals surface area contributed by atoms with Gasteiger partial charge >= 0.3 is 5.97 Å². The molecule has 1 saturated carbocycles. The highest BCUT2D eigenvalue weighted by Gasteiger charge is 2.26. The predicted molar refractivity (Wildman–Crippen MR) is 62.7 cm³/mol. The van der Waals surface area contributed by atoms with Crippen LogP contribution >= 0.6 is 0 Å². The molecule has 2 rings (SSSR count). The Kier molecular flexibility index (Phi) is 4.13. The second-order valence-electron chi connectivity index (χ2n) is 4.63. The van der Waals surface area contributed by atoms with Crippen LogP contribution in [-0.2, 0) is 15.9 Å². The molecule has 0 saturated heterocycles. The first-order chi connectivity index (χ1) is 8.58. The third-order valence-electron chi connectivity index (χ3n) is 3.41. The van der Waals surface area contributed by atoms with Crippen LogP contribution in [0.5, 0.6) is 0 Å². The van der Waals surface area contributed by atoms with Gasteiger partial charge in [-0.25, -0.2) is 4.79 Å². The molecular weight excluding hydrogens is 256 g/mol. The number of carboxylic acid groups (broad SMARTS) is 1. The molecule has 0 bridgehead atoms. The van der Waals surface area contributed by atoms with Crippen LogP contribution in [0.2, 0.25) is 0 Å². The summed E-state index contributed by atoms with van der Waals surface area (Å²) >= 11 is -2.37. The lowest BCUT2D eigenvalue weighted by Gasteiger charge is -2.17. The summed E-state index contributed by atoms with van der Waals surface area (Å²) in [5.41, 5.74) is 0. The molecule has 0 radical (unpaired) electrons. The molecule has 0 amide bonds. The van der Waals surface area contributed by atoms with Crippen molar-refractivity contribution in [3.8, 4) is 0 Å². The Balaban J connectivity index is 2.12. The first kappa shape index (κ1) is 13.2. The second-order valence-corrected chi connectivity index (χ2v) is 5.57. The molecule has 1 aliphatic rings. The highest BCUT2D eigenvalue weighted by molar-refractivity contribution is 7.79. The zero-order chi connectivity index (χ0) is 13.1. The normalized spacial score (nSPS) is 19.8. The van der Waals surface area contributed by atoms with Gasteiger partial charge in [0.2, 0.25) is 0 Å². The van der Waals surface area contributed by atoms with E-state index in [4.69, 9.17) is 0 Å². The van der Waals surface area contributed by atoms with Crippen molar-refractivity contribution in [1.82, 2.24) is 9.78 Å². The van der Waals surface area contributed by atoms with Crippen molar-refractivity contribution in [2.75, 3.05) is 0 Å². The van der Waals surface area contributed by atoms with E-state index < -0.39 is 23.1 Å². The Morgan fingerprint density at radius 1 is 1.61 bits per heavy atom. The Morgan fingerprint density at radius 2 is 2.28 bits per heavy atom. The van der Waals surface area contributed by atoms with Crippen LogP contribution < -0.4 is 0 Å². The molecule has 0 aromatic carbocycles. The Hall–Kier alpha value is -1.21. The zero-order valence-corrected chi connectivity index (χ0v) is 10.6. The number of nitrogens with zero attached hydrogens (tertiary/aromatic N) is 2. The third kappa shape index (κ3) is 2.97. The number of rotatable bonds is 5. The average molecular weight is 271 g/mol. The number of hydrogen-bond donors (Lipinski definition) is 1. The van der Waals surface area contributed by atoms with Gasteiger partial charge in [0.05, 0.1) is 11.1 Å². The van der Waals surface area contributed by atoms with Crippen molar-refractivity contribution in [3.63, 3.8) is 0 Å². The van der Waals surface area contributed by atoms with Gasteiger partial charge in [0, 0.05) is 6.20 Å². The van der Waals surface area contributed by atoms with E-state index in [1.54, 1.807) is 0 Å². The maximum atomic E-state index is 11.3. The van der Waals surface area contributed by atoms with E-state index >= 15 is 0 Å². The Morgan fingerprint density at radius 3 is 2.78 bits per heavy atom. The molecule has 1 aromatic heterocycles. The van der Waals surface area contributed by atoms with Crippen LogP contribution in [0.25, 0.3) is 0 Å². The fourth-order valence-electron chi connectivity index (χ4n) is 2.46. The van der Waals surface area contributed by atoms with E-state index in [-0.39, 0.29) is 4.90 Å². The largest absolute Gasteiger partial charge is 0.768 e. The molecule has 1 N–H and O–H groups in total. The smallest absolute Gasteiger partial charge is 0.328 e. The minimum Gasteiger partial charge on any atom is -0.768 e. The van der Waals surface area contributed by atoms with Crippen molar-refractivity contribution in [3.05, 3.63) is 12.4 Å². The minimum atomic E-state index is -2.37. The van der Waals surface area contributed by atoms with Crippen LogP contribution in [0.3, 0.4) is 0 Å². The average Bonchev–Trinajstić information content (AvgIpc) is 2.96. The van der Waals surface area contributed by atoms with E-state index in [9.17, 15) is 18.7 Å². The predicted octanol–water partition coefficient (Wildman–Crippen LogP) is 1.33. The van der Waals surface area contributed by atoms with Gasteiger partial charge in [-0.05, 0) is 23.4 Å². The summed E-state index contributed by atoms with van der Waals surface area (Å²) in [6.45, 7) is 0. The summed E-state index contributed by atoms with van der Waals surface area (Å²) in [7, 11) is 0. The molecule has 1 fully saturated rings. The van der Waals surface area contributed by atoms with E-state index in [1.165, 1.54) is 17.1 Å². The van der Waals surface area contributed by atoms with Gasteiger partial charge in [-0.15, -0.1) is 0 Å². The number of carboxylic acids is 1. The monoisotopic (exact) mass is 271 g/mol. The van der Waals surface area contributed by atoms with E-state index in [2.05, 4.69) is 5.10 Å². The van der Waals surface area contributed by atoms with Gasteiger partial charge in [0.25, 0.3) is 0 Å². The maximum absolute atomic E-state index is 11.3. The Labute approximate surface area is 107 Å². The maximum Gasteiger partial charge on any atom is 0.328 e. The molecule has 0 aliphatic heterocycles. The summed E-state index contributed by atoms with van der Waals surface area (Å²) in [4.78, 5) is 11.3. The highest BCUT2D eigenvalue weighted by Crippen LogP contribution is 2.32. The number of hydrogen-bond acceptors (Lipinski definition) is 4. The summed E-state index contributed by atoms with van der Waals surface area (Å²) in [5, 5.41) is 13.1. The number of aromatic nitrogens is 2. The lowest BCUT2D eigenvalue weighted by molar-refractivity contribution is -0.141.